The number of aryl methyl sites for hydroxylation is 1. The predicted octanol–water partition coefficient (Wildman–Crippen LogP) is 4.32. The summed E-state index contributed by atoms with van der Waals surface area (Å²) >= 11 is 3.16. The van der Waals surface area contributed by atoms with Crippen molar-refractivity contribution in [3.63, 3.8) is 0 Å². The summed E-state index contributed by atoms with van der Waals surface area (Å²) in [5.41, 5.74) is 2.19. The molecule has 3 aromatic rings. The molecule has 0 aliphatic heterocycles. The van der Waals surface area contributed by atoms with Gasteiger partial charge in [0.05, 0.1) is 22.0 Å². The first-order chi connectivity index (χ1) is 12.0. The van der Waals surface area contributed by atoms with Crippen molar-refractivity contribution in [3.05, 3.63) is 51.7 Å². The van der Waals surface area contributed by atoms with E-state index in [-0.39, 0.29) is 18.2 Å². The Morgan fingerprint density at radius 2 is 1.88 bits per heavy atom. The average molecular weight is 371 g/mol. The number of thiophene rings is 1. The van der Waals surface area contributed by atoms with E-state index in [2.05, 4.69) is 15.6 Å². The zero-order valence-corrected chi connectivity index (χ0v) is 15.5. The summed E-state index contributed by atoms with van der Waals surface area (Å²) in [7, 11) is 0. The number of nitrogens with zero attached hydrogens (tertiary/aromatic N) is 1. The maximum atomic E-state index is 12.4. The fraction of sp³-hybridized carbons (Fsp3) is 0.167. The molecule has 2 heterocycles. The molecular weight excluding hydrogens is 354 g/mol. The van der Waals surface area contributed by atoms with Crippen LogP contribution in [0.5, 0.6) is 0 Å². The van der Waals surface area contributed by atoms with Gasteiger partial charge in [-0.15, -0.1) is 22.7 Å². The first kappa shape index (κ1) is 17.3. The Morgan fingerprint density at radius 3 is 2.56 bits per heavy atom. The second kappa shape index (κ2) is 7.58. The molecule has 2 amide bonds. The Kier molecular flexibility index (Phi) is 5.25. The predicted molar refractivity (Wildman–Crippen MR) is 103 cm³/mol. The second-order valence-electron chi connectivity index (χ2n) is 5.47. The Labute approximate surface area is 153 Å². The maximum Gasteiger partial charge on any atom is 0.229 e. The summed E-state index contributed by atoms with van der Waals surface area (Å²) in [6.07, 6.45) is 0.267. The van der Waals surface area contributed by atoms with Crippen LogP contribution in [0.1, 0.15) is 16.8 Å². The molecule has 0 bridgehead atoms. The van der Waals surface area contributed by atoms with Gasteiger partial charge in [-0.2, -0.15) is 0 Å². The van der Waals surface area contributed by atoms with E-state index < -0.39 is 0 Å². The number of rotatable bonds is 5. The lowest BCUT2D eigenvalue weighted by atomic mass is 10.2. The van der Waals surface area contributed by atoms with E-state index in [9.17, 15) is 9.59 Å². The summed E-state index contributed by atoms with van der Waals surface area (Å²) in [5, 5.41) is 8.52. The largest absolute Gasteiger partial charge is 0.326 e. The van der Waals surface area contributed by atoms with E-state index in [1.807, 2.05) is 24.4 Å². The van der Waals surface area contributed by atoms with Crippen LogP contribution in [0.2, 0.25) is 0 Å². The Morgan fingerprint density at radius 1 is 1.12 bits per heavy atom. The highest BCUT2D eigenvalue weighted by molar-refractivity contribution is 7.15. The molecule has 0 atom stereocenters. The Balaban J connectivity index is 1.72. The van der Waals surface area contributed by atoms with Gasteiger partial charge in [0.2, 0.25) is 11.8 Å². The molecule has 2 N–H and O–H groups in total. The topological polar surface area (TPSA) is 71.1 Å². The number of hydrogen-bond donors (Lipinski definition) is 2. The van der Waals surface area contributed by atoms with Crippen LogP contribution in [0.4, 0.5) is 11.4 Å². The average Bonchev–Trinajstić information content (AvgIpc) is 3.16. The molecule has 1 aromatic carbocycles. The van der Waals surface area contributed by atoms with E-state index in [0.717, 1.165) is 20.5 Å². The number of anilines is 2. The van der Waals surface area contributed by atoms with Crippen molar-refractivity contribution in [1.82, 2.24) is 4.98 Å². The summed E-state index contributed by atoms with van der Waals surface area (Å²) in [6, 6.07) is 11.1. The molecule has 0 saturated carbocycles. The molecule has 25 heavy (non-hydrogen) atoms. The number of aromatic nitrogens is 1. The van der Waals surface area contributed by atoms with Gasteiger partial charge >= 0.3 is 0 Å². The van der Waals surface area contributed by atoms with Gasteiger partial charge in [0.25, 0.3) is 0 Å². The number of benzene rings is 1. The van der Waals surface area contributed by atoms with Crippen LogP contribution in [0.3, 0.4) is 0 Å². The Hall–Kier alpha value is -2.51. The smallest absolute Gasteiger partial charge is 0.229 e. The van der Waals surface area contributed by atoms with Crippen LogP contribution >= 0.6 is 22.7 Å². The third kappa shape index (κ3) is 4.52. The summed E-state index contributed by atoms with van der Waals surface area (Å²) in [6.45, 7) is 3.39. The van der Waals surface area contributed by atoms with Crippen LogP contribution in [0.15, 0.2) is 41.8 Å². The lowest BCUT2D eigenvalue weighted by Crippen LogP contribution is -2.14. The van der Waals surface area contributed by atoms with Crippen molar-refractivity contribution in [2.45, 2.75) is 20.3 Å². The standard InChI is InChI=1S/C18H17N3O2S2/c1-11(22)19-13-5-3-6-14(9-13)21-17(23)10-16-18(20-12(2)25-16)15-7-4-8-24-15/h3-9H,10H2,1-2H3,(H,19,22)(H,21,23). The normalized spacial score (nSPS) is 10.5. The lowest BCUT2D eigenvalue weighted by molar-refractivity contribution is -0.115. The molecule has 0 spiro atoms. The van der Waals surface area contributed by atoms with E-state index in [1.165, 1.54) is 6.92 Å². The number of carbonyl (C=O) groups excluding carboxylic acids is 2. The van der Waals surface area contributed by atoms with Crippen LogP contribution in [0.25, 0.3) is 10.6 Å². The summed E-state index contributed by atoms with van der Waals surface area (Å²) < 4.78 is 0. The van der Waals surface area contributed by atoms with Gasteiger partial charge in [-0.3, -0.25) is 9.59 Å². The Bertz CT molecular complexity index is 901. The number of carbonyl (C=O) groups is 2. The molecule has 5 nitrogen and oxygen atoms in total. The van der Waals surface area contributed by atoms with Crippen LogP contribution < -0.4 is 10.6 Å². The van der Waals surface area contributed by atoms with E-state index in [1.54, 1.807) is 46.9 Å². The highest BCUT2D eigenvalue weighted by Crippen LogP contribution is 2.31. The molecule has 0 aliphatic rings. The highest BCUT2D eigenvalue weighted by atomic mass is 32.1. The van der Waals surface area contributed by atoms with Crippen molar-refractivity contribution >= 4 is 45.9 Å². The molecule has 2 aromatic heterocycles. The summed E-state index contributed by atoms with van der Waals surface area (Å²) in [4.78, 5) is 30.2. The fourth-order valence-corrected chi connectivity index (χ4v) is 4.18. The van der Waals surface area contributed by atoms with Crippen LogP contribution in [-0.2, 0) is 16.0 Å². The molecule has 128 valence electrons. The van der Waals surface area contributed by atoms with Gasteiger partial charge in [0.1, 0.15) is 0 Å². The van der Waals surface area contributed by atoms with Crippen molar-refractivity contribution < 1.29 is 9.59 Å². The monoisotopic (exact) mass is 371 g/mol. The lowest BCUT2D eigenvalue weighted by Gasteiger charge is -2.08. The molecular formula is C18H17N3O2S2. The first-order valence-electron chi connectivity index (χ1n) is 7.69. The quantitative estimate of drug-likeness (QED) is 0.702. The van der Waals surface area contributed by atoms with Gasteiger partial charge in [-0.25, -0.2) is 4.98 Å². The minimum Gasteiger partial charge on any atom is -0.326 e. The van der Waals surface area contributed by atoms with E-state index in [0.29, 0.717) is 11.4 Å². The molecule has 0 fully saturated rings. The molecule has 0 unspecified atom stereocenters. The number of nitrogens with one attached hydrogen (secondary N) is 2. The van der Waals surface area contributed by atoms with Crippen molar-refractivity contribution in [2.75, 3.05) is 10.6 Å². The molecule has 0 radical (unpaired) electrons. The third-order valence-corrected chi connectivity index (χ3v) is 5.19. The van der Waals surface area contributed by atoms with E-state index >= 15 is 0 Å². The van der Waals surface area contributed by atoms with Gasteiger partial charge in [-0.1, -0.05) is 12.1 Å². The van der Waals surface area contributed by atoms with E-state index in [4.69, 9.17) is 0 Å². The van der Waals surface area contributed by atoms with Gasteiger partial charge in [-0.05, 0) is 36.6 Å². The maximum absolute atomic E-state index is 12.4. The van der Waals surface area contributed by atoms with Gasteiger partial charge in [0.15, 0.2) is 0 Å². The fourth-order valence-electron chi connectivity index (χ4n) is 2.42. The van der Waals surface area contributed by atoms with Gasteiger partial charge < -0.3 is 10.6 Å². The molecule has 0 aliphatic carbocycles. The SMILES string of the molecule is CC(=O)Nc1cccc(NC(=O)Cc2sc(C)nc2-c2cccs2)c1. The first-order valence-corrected chi connectivity index (χ1v) is 9.38. The van der Waals surface area contributed by atoms with Crippen molar-refractivity contribution in [1.29, 1.82) is 0 Å². The van der Waals surface area contributed by atoms with Gasteiger partial charge in [0, 0.05) is 23.2 Å². The minimum atomic E-state index is -0.149. The molecule has 3 rings (SSSR count). The van der Waals surface area contributed by atoms with Crippen LogP contribution in [-0.4, -0.2) is 16.8 Å². The number of thiazole rings is 1. The number of hydrogen-bond acceptors (Lipinski definition) is 5. The molecule has 7 heteroatoms. The summed E-state index contributed by atoms with van der Waals surface area (Å²) in [5.74, 6) is -0.259. The second-order valence-corrected chi connectivity index (χ2v) is 7.70. The minimum absolute atomic E-state index is 0.110. The zero-order chi connectivity index (χ0) is 17.8. The third-order valence-electron chi connectivity index (χ3n) is 3.35. The number of amides is 2. The zero-order valence-electron chi connectivity index (χ0n) is 13.8. The van der Waals surface area contributed by atoms with Crippen LogP contribution in [0, 0.1) is 6.92 Å². The molecule has 0 saturated heterocycles. The van der Waals surface area contributed by atoms with Crippen molar-refractivity contribution in [3.8, 4) is 10.6 Å². The highest BCUT2D eigenvalue weighted by Gasteiger charge is 2.15. The van der Waals surface area contributed by atoms with Crippen molar-refractivity contribution in [2.24, 2.45) is 0 Å².